The molecule has 3 atom stereocenters. The van der Waals surface area contributed by atoms with Crippen molar-refractivity contribution in [3.05, 3.63) is 78.4 Å². The maximum Gasteiger partial charge on any atom is 0.407 e. The van der Waals surface area contributed by atoms with Gasteiger partial charge in [0.05, 0.1) is 18.1 Å². The van der Waals surface area contributed by atoms with Gasteiger partial charge in [-0.1, -0.05) is 75.9 Å². The molecule has 0 aliphatic carbocycles. The highest BCUT2D eigenvalue weighted by Gasteiger charge is 2.42. The van der Waals surface area contributed by atoms with E-state index in [1.54, 1.807) is 6.08 Å². The van der Waals surface area contributed by atoms with Gasteiger partial charge in [0.15, 0.2) is 8.32 Å². The van der Waals surface area contributed by atoms with Crippen LogP contribution in [0.3, 0.4) is 0 Å². The van der Waals surface area contributed by atoms with E-state index < -0.39 is 44.0 Å². The summed E-state index contributed by atoms with van der Waals surface area (Å²) in [6.45, 7) is 20.2. The van der Waals surface area contributed by atoms with E-state index in [1.165, 1.54) is 0 Å². The monoisotopic (exact) mass is 583 g/mol. The van der Waals surface area contributed by atoms with Gasteiger partial charge in [-0.3, -0.25) is 4.79 Å². The molecule has 41 heavy (non-hydrogen) atoms. The zero-order valence-corrected chi connectivity index (χ0v) is 27.0. The molecule has 0 aliphatic rings. The lowest BCUT2D eigenvalue weighted by atomic mass is 9.89. The molecule has 2 N–H and O–H groups in total. The van der Waals surface area contributed by atoms with Gasteiger partial charge in [0, 0.05) is 0 Å². The number of carboxylic acids is 1. The molecule has 0 spiro atoms. The predicted octanol–water partition coefficient (Wildman–Crippen LogP) is 7.41. The Kier molecular flexibility index (Phi) is 12.2. The van der Waals surface area contributed by atoms with E-state index in [2.05, 4.69) is 45.8 Å². The summed E-state index contributed by atoms with van der Waals surface area (Å²) in [5.41, 5.74) is 1.22. The average Bonchev–Trinajstić information content (AvgIpc) is 2.85. The Balaban J connectivity index is 2.44. The topological polar surface area (TPSA) is 94.1 Å². The molecule has 8 heteroatoms. The predicted molar refractivity (Wildman–Crippen MR) is 167 cm³/mol. The third-order valence-electron chi connectivity index (χ3n) is 7.34. The zero-order chi connectivity index (χ0) is 30.8. The number of hydrogen-bond donors (Lipinski definition) is 2. The van der Waals surface area contributed by atoms with Crippen molar-refractivity contribution in [2.75, 3.05) is 6.61 Å². The molecule has 7 nitrogen and oxygen atoms in total. The fraction of sp³-hybridized carbons (Fsp3) is 0.515. The third kappa shape index (κ3) is 11.7. The highest BCUT2D eigenvalue weighted by Crippen LogP contribution is 2.39. The van der Waals surface area contributed by atoms with Crippen molar-refractivity contribution < 1.29 is 28.6 Å². The summed E-state index contributed by atoms with van der Waals surface area (Å²) in [6, 6.07) is 16.8. The minimum absolute atomic E-state index is 0.117. The zero-order valence-electron chi connectivity index (χ0n) is 26.0. The Labute approximate surface area is 247 Å². The molecule has 226 valence electrons. The van der Waals surface area contributed by atoms with Crippen molar-refractivity contribution in [2.24, 2.45) is 5.92 Å². The van der Waals surface area contributed by atoms with Crippen LogP contribution in [0, 0.1) is 5.92 Å². The molecule has 0 saturated heterocycles. The van der Waals surface area contributed by atoms with Crippen LogP contribution in [0.2, 0.25) is 18.1 Å². The van der Waals surface area contributed by atoms with Gasteiger partial charge in [-0.25, -0.2) is 4.79 Å². The first kappa shape index (κ1) is 34.1. The Morgan fingerprint density at radius 3 is 2.05 bits per heavy atom. The van der Waals surface area contributed by atoms with Crippen molar-refractivity contribution in [1.82, 2.24) is 5.32 Å². The van der Waals surface area contributed by atoms with Gasteiger partial charge in [0.25, 0.3) is 0 Å². The number of nitrogens with one attached hydrogen (secondary N) is 1. The Morgan fingerprint density at radius 1 is 0.951 bits per heavy atom. The van der Waals surface area contributed by atoms with Crippen molar-refractivity contribution >= 4 is 20.4 Å². The van der Waals surface area contributed by atoms with Crippen LogP contribution in [0.1, 0.15) is 59.1 Å². The van der Waals surface area contributed by atoms with E-state index in [1.807, 2.05) is 75.4 Å². The van der Waals surface area contributed by atoms with Crippen LogP contribution >= 0.6 is 0 Å². The molecule has 2 aromatic carbocycles. The number of benzene rings is 2. The lowest BCUT2D eigenvalue weighted by Crippen LogP contribution is -2.54. The largest absolute Gasteiger partial charge is 0.490 e. The quantitative estimate of drug-likeness (QED) is 0.178. The van der Waals surface area contributed by atoms with Crippen molar-refractivity contribution in [3.63, 3.8) is 0 Å². The summed E-state index contributed by atoms with van der Waals surface area (Å²) < 4.78 is 18.1. The summed E-state index contributed by atoms with van der Waals surface area (Å²) >= 11 is 0. The second-order valence-corrected chi connectivity index (χ2v) is 17.8. The lowest BCUT2D eigenvalue weighted by Gasteiger charge is -2.42. The molecular weight excluding hydrogens is 534 g/mol. The number of carbonyl (C=O) groups excluding carboxylic acids is 1. The van der Waals surface area contributed by atoms with Crippen LogP contribution < -0.4 is 10.1 Å². The molecule has 0 fully saturated rings. The van der Waals surface area contributed by atoms with Crippen molar-refractivity contribution in [3.8, 4) is 5.75 Å². The fourth-order valence-corrected chi connectivity index (χ4v) is 5.54. The van der Waals surface area contributed by atoms with E-state index >= 15 is 0 Å². The van der Waals surface area contributed by atoms with Gasteiger partial charge in [-0.2, -0.15) is 0 Å². The Bertz CT molecular complexity index is 1120. The highest BCUT2D eigenvalue weighted by atomic mass is 28.4. The van der Waals surface area contributed by atoms with Crippen LogP contribution in [0.25, 0.3) is 0 Å². The Hall–Kier alpha value is -3.10. The minimum Gasteiger partial charge on any atom is -0.490 e. The highest BCUT2D eigenvalue weighted by molar-refractivity contribution is 6.74. The number of carboxylic acid groups (broad SMARTS) is 1. The van der Waals surface area contributed by atoms with E-state index in [0.717, 1.165) is 11.1 Å². The van der Waals surface area contributed by atoms with Gasteiger partial charge >= 0.3 is 12.1 Å². The molecule has 0 radical (unpaired) electrons. The first-order chi connectivity index (χ1) is 19.0. The summed E-state index contributed by atoms with van der Waals surface area (Å²) in [6.07, 6.45) is 1.59. The summed E-state index contributed by atoms with van der Waals surface area (Å²) in [7, 11) is -2.37. The summed E-state index contributed by atoms with van der Waals surface area (Å²) in [4.78, 5) is 25.6. The normalized spacial score (nSPS) is 14.4. The second kappa shape index (κ2) is 14.7. The average molecular weight is 584 g/mol. The number of carbonyl (C=O) groups is 2. The molecule has 0 heterocycles. The molecule has 1 amide bonds. The third-order valence-corrected chi connectivity index (χ3v) is 11.8. The number of hydrogen-bond acceptors (Lipinski definition) is 5. The Morgan fingerprint density at radius 2 is 1.54 bits per heavy atom. The van der Waals surface area contributed by atoms with Gasteiger partial charge in [-0.05, 0) is 81.4 Å². The maximum absolute atomic E-state index is 13.0. The summed E-state index contributed by atoms with van der Waals surface area (Å²) in [5, 5.41) is 13.3. The minimum atomic E-state index is -2.37. The smallest absolute Gasteiger partial charge is 0.407 e. The number of rotatable bonds is 14. The van der Waals surface area contributed by atoms with Crippen LogP contribution in [-0.2, 0) is 26.8 Å². The number of amides is 1. The number of ether oxygens (including phenoxy) is 2. The lowest BCUT2D eigenvalue weighted by molar-refractivity contribution is -0.142. The van der Waals surface area contributed by atoms with Gasteiger partial charge in [0.1, 0.15) is 18.0 Å². The molecular formula is C33H49NO6Si. The number of aliphatic carboxylic acids is 1. The maximum atomic E-state index is 13.0. The summed E-state index contributed by atoms with van der Waals surface area (Å²) in [5.74, 6) is -0.941. The van der Waals surface area contributed by atoms with E-state index in [9.17, 15) is 14.7 Å². The van der Waals surface area contributed by atoms with E-state index in [4.69, 9.17) is 13.9 Å². The first-order valence-corrected chi connectivity index (χ1v) is 17.2. The molecule has 0 saturated carbocycles. The van der Waals surface area contributed by atoms with Crippen LogP contribution in [0.15, 0.2) is 67.3 Å². The van der Waals surface area contributed by atoms with E-state index in [-0.39, 0.29) is 11.5 Å². The fourth-order valence-electron chi connectivity index (χ4n) is 4.17. The van der Waals surface area contributed by atoms with Crippen molar-refractivity contribution in [1.29, 1.82) is 0 Å². The van der Waals surface area contributed by atoms with Gasteiger partial charge in [0.2, 0.25) is 0 Å². The number of alkyl carbamates (subject to hydrolysis) is 1. The molecule has 2 aromatic rings. The molecule has 0 aromatic heterocycles. The first-order valence-electron chi connectivity index (χ1n) is 14.3. The molecule has 0 bridgehead atoms. The van der Waals surface area contributed by atoms with Gasteiger partial charge in [-0.15, -0.1) is 0 Å². The SMILES string of the molecule is C=CCOc1ccc(C[C@H](C[C@H](O[Si](C)(C)C(C)(C)C)[C@H](Cc2ccccc2)NC(=O)OC(C)(C)C)C(=O)O)cc1. The van der Waals surface area contributed by atoms with Crippen LogP contribution in [0.4, 0.5) is 4.79 Å². The van der Waals surface area contributed by atoms with Crippen molar-refractivity contribution in [2.45, 2.75) is 96.7 Å². The standard InChI is InChI=1S/C33H49NO6Si/c1-10-20-38-27-18-16-25(17-19-27)21-26(30(35)36)23-29(40-41(8,9)33(5,6)7)28(22-24-14-12-11-13-15-24)34-31(37)39-32(2,3)4/h10-19,26,28-29H,1,20-23H2,2-9H3,(H,34,37)(H,35,36)/t26-,28+,29+/m1/s1. The molecule has 0 unspecified atom stereocenters. The van der Waals surface area contributed by atoms with E-state index in [0.29, 0.717) is 25.2 Å². The second-order valence-electron chi connectivity index (χ2n) is 13.1. The van der Waals surface area contributed by atoms with Crippen LogP contribution in [0.5, 0.6) is 5.75 Å². The van der Waals surface area contributed by atoms with Gasteiger partial charge < -0.3 is 24.3 Å². The molecule has 0 aliphatic heterocycles. The van der Waals surface area contributed by atoms with Crippen LogP contribution in [-0.4, -0.2) is 49.8 Å². The molecule has 2 rings (SSSR count).